The Hall–Kier alpha value is -5.36. The SMILES string of the molecule is Cc1ccc(Oc2cccc(NC(=O)Cc3cccc(Cc4ccc(Oc5cccc(NC(=O)C(C)C)c5)cc4)c3)c2)cc1. The summed E-state index contributed by atoms with van der Waals surface area (Å²) in [6.45, 7) is 5.74. The van der Waals surface area contributed by atoms with E-state index < -0.39 is 0 Å². The van der Waals surface area contributed by atoms with Gasteiger partial charge in [0, 0.05) is 29.4 Å². The van der Waals surface area contributed by atoms with E-state index in [9.17, 15) is 9.59 Å². The van der Waals surface area contributed by atoms with Crippen molar-refractivity contribution < 1.29 is 19.1 Å². The Balaban J connectivity index is 1.15. The molecule has 0 aliphatic heterocycles. The molecule has 0 saturated carbocycles. The molecule has 0 aromatic heterocycles. The Morgan fingerprint density at radius 2 is 1.14 bits per heavy atom. The lowest BCUT2D eigenvalue weighted by Crippen LogP contribution is -2.17. The normalized spacial score (nSPS) is 10.7. The summed E-state index contributed by atoms with van der Waals surface area (Å²) in [6.07, 6.45) is 0.991. The monoisotopic (exact) mass is 584 g/mol. The molecule has 0 aliphatic rings. The summed E-state index contributed by atoms with van der Waals surface area (Å²) in [5, 5.41) is 5.88. The Kier molecular flexibility index (Phi) is 9.72. The Bertz CT molecular complexity index is 1730. The molecule has 0 aliphatic carbocycles. The summed E-state index contributed by atoms with van der Waals surface area (Å²) < 4.78 is 12.0. The molecule has 5 aromatic carbocycles. The van der Waals surface area contributed by atoms with E-state index in [0.717, 1.165) is 28.9 Å². The van der Waals surface area contributed by atoms with Crippen molar-refractivity contribution in [1.29, 1.82) is 0 Å². The van der Waals surface area contributed by atoms with Gasteiger partial charge in [-0.2, -0.15) is 0 Å². The van der Waals surface area contributed by atoms with Gasteiger partial charge in [0.2, 0.25) is 11.8 Å². The fourth-order valence-corrected chi connectivity index (χ4v) is 4.59. The summed E-state index contributed by atoms with van der Waals surface area (Å²) in [7, 11) is 0. The molecule has 0 atom stereocenters. The van der Waals surface area contributed by atoms with E-state index in [4.69, 9.17) is 9.47 Å². The van der Waals surface area contributed by atoms with Crippen LogP contribution in [0.3, 0.4) is 0 Å². The first-order valence-corrected chi connectivity index (χ1v) is 14.7. The second-order valence-corrected chi connectivity index (χ2v) is 11.1. The van der Waals surface area contributed by atoms with E-state index in [0.29, 0.717) is 28.6 Å². The zero-order valence-electron chi connectivity index (χ0n) is 25.2. The number of anilines is 2. The van der Waals surface area contributed by atoms with Crippen molar-refractivity contribution in [2.45, 2.75) is 33.6 Å². The van der Waals surface area contributed by atoms with Gasteiger partial charge in [0.05, 0.1) is 6.42 Å². The minimum absolute atomic E-state index is 0.0364. The lowest BCUT2D eigenvalue weighted by atomic mass is 10.0. The third-order valence-electron chi connectivity index (χ3n) is 6.92. The predicted molar refractivity (Wildman–Crippen MR) is 176 cm³/mol. The van der Waals surface area contributed by atoms with E-state index >= 15 is 0 Å². The average Bonchev–Trinajstić information content (AvgIpc) is 3.00. The summed E-state index contributed by atoms with van der Waals surface area (Å²) in [5.74, 6) is 2.54. The van der Waals surface area contributed by atoms with E-state index in [1.807, 2.05) is 130 Å². The number of rotatable bonds is 11. The molecule has 5 rings (SSSR count). The molecule has 222 valence electrons. The molecule has 0 radical (unpaired) electrons. The van der Waals surface area contributed by atoms with Crippen LogP contribution in [-0.4, -0.2) is 11.8 Å². The molecular formula is C38H36N2O4. The highest BCUT2D eigenvalue weighted by Crippen LogP contribution is 2.26. The van der Waals surface area contributed by atoms with Crippen molar-refractivity contribution in [3.63, 3.8) is 0 Å². The second kappa shape index (κ2) is 14.2. The van der Waals surface area contributed by atoms with Gasteiger partial charge in [0.1, 0.15) is 23.0 Å². The molecule has 0 fully saturated rings. The van der Waals surface area contributed by atoms with Gasteiger partial charge in [0.25, 0.3) is 0 Å². The topological polar surface area (TPSA) is 76.7 Å². The van der Waals surface area contributed by atoms with Gasteiger partial charge in [-0.15, -0.1) is 0 Å². The minimum Gasteiger partial charge on any atom is -0.457 e. The average molecular weight is 585 g/mol. The van der Waals surface area contributed by atoms with Crippen LogP contribution >= 0.6 is 0 Å². The van der Waals surface area contributed by atoms with Gasteiger partial charge in [-0.3, -0.25) is 9.59 Å². The van der Waals surface area contributed by atoms with Gasteiger partial charge in [-0.1, -0.05) is 80.1 Å². The fourth-order valence-electron chi connectivity index (χ4n) is 4.59. The number of aryl methyl sites for hydroxylation is 1. The highest BCUT2D eigenvalue weighted by atomic mass is 16.5. The quantitative estimate of drug-likeness (QED) is 0.162. The standard InChI is InChI=1S/C38H36N2O4/c1-26(2)38(42)40-32-10-6-12-36(25-32)44-34-19-15-28(16-20-34)21-29-7-4-8-30(22-29)23-37(41)39-31-9-5-11-35(24-31)43-33-17-13-27(3)14-18-33/h4-20,22,24-26H,21,23H2,1-3H3,(H,39,41)(H,40,42). The van der Waals surface area contributed by atoms with E-state index in [1.54, 1.807) is 0 Å². The van der Waals surface area contributed by atoms with Gasteiger partial charge < -0.3 is 20.1 Å². The van der Waals surface area contributed by atoms with Crippen molar-refractivity contribution in [2.75, 3.05) is 10.6 Å². The van der Waals surface area contributed by atoms with Crippen LogP contribution in [0.4, 0.5) is 11.4 Å². The summed E-state index contributed by atoms with van der Waals surface area (Å²) in [4.78, 5) is 24.9. The molecule has 2 N–H and O–H groups in total. The Morgan fingerprint density at radius 3 is 1.75 bits per heavy atom. The number of hydrogen-bond acceptors (Lipinski definition) is 4. The Labute approximate surface area is 258 Å². The van der Waals surface area contributed by atoms with Gasteiger partial charge >= 0.3 is 0 Å². The number of amides is 2. The molecule has 0 unspecified atom stereocenters. The molecule has 0 saturated heterocycles. The number of benzene rings is 5. The maximum absolute atomic E-state index is 12.9. The van der Waals surface area contributed by atoms with Crippen molar-refractivity contribution in [1.82, 2.24) is 0 Å². The highest BCUT2D eigenvalue weighted by molar-refractivity contribution is 5.93. The predicted octanol–water partition coefficient (Wildman–Crippen LogP) is 8.95. The van der Waals surface area contributed by atoms with Crippen LogP contribution in [0, 0.1) is 12.8 Å². The molecule has 0 spiro atoms. The maximum Gasteiger partial charge on any atom is 0.228 e. The zero-order chi connectivity index (χ0) is 30.9. The maximum atomic E-state index is 12.9. The number of ether oxygens (including phenoxy) is 2. The highest BCUT2D eigenvalue weighted by Gasteiger charge is 2.09. The molecule has 2 amide bonds. The van der Waals surface area contributed by atoms with Crippen LogP contribution in [0.2, 0.25) is 0 Å². The third kappa shape index (κ3) is 8.82. The number of hydrogen-bond donors (Lipinski definition) is 2. The number of carbonyl (C=O) groups is 2. The van der Waals surface area contributed by atoms with E-state index in [1.165, 1.54) is 5.56 Å². The summed E-state index contributed by atoms with van der Waals surface area (Å²) in [6, 6.07) is 38.6. The van der Waals surface area contributed by atoms with Crippen LogP contribution < -0.4 is 20.1 Å². The van der Waals surface area contributed by atoms with Crippen LogP contribution in [0.15, 0.2) is 121 Å². The van der Waals surface area contributed by atoms with Crippen LogP contribution in [0.1, 0.15) is 36.1 Å². The van der Waals surface area contributed by atoms with Crippen molar-refractivity contribution in [2.24, 2.45) is 5.92 Å². The lowest BCUT2D eigenvalue weighted by molar-refractivity contribution is -0.119. The van der Waals surface area contributed by atoms with Gasteiger partial charge in [-0.25, -0.2) is 0 Å². The number of nitrogens with one attached hydrogen (secondary N) is 2. The Morgan fingerprint density at radius 1 is 0.591 bits per heavy atom. The van der Waals surface area contributed by atoms with E-state index in [-0.39, 0.29) is 24.2 Å². The van der Waals surface area contributed by atoms with Crippen LogP contribution in [-0.2, 0) is 22.4 Å². The van der Waals surface area contributed by atoms with E-state index in [2.05, 4.69) is 22.8 Å². The lowest BCUT2D eigenvalue weighted by Gasteiger charge is -2.11. The number of carbonyl (C=O) groups excluding carboxylic acids is 2. The third-order valence-corrected chi connectivity index (χ3v) is 6.92. The van der Waals surface area contributed by atoms with Crippen molar-refractivity contribution in [3.05, 3.63) is 144 Å². The van der Waals surface area contributed by atoms with Gasteiger partial charge in [-0.05, 0) is 78.6 Å². The minimum atomic E-state index is -0.0989. The molecular weight excluding hydrogens is 548 g/mol. The van der Waals surface area contributed by atoms with Gasteiger partial charge in [0.15, 0.2) is 0 Å². The smallest absolute Gasteiger partial charge is 0.228 e. The molecule has 44 heavy (non-hydrogen) atoms. The molecule has 0 bridgehead atoms. The second-order valence-electron chi connectivity index (χ2n) is 11.1. The summed E-state index contributed by atoms with van der Waals surface area (Å²) >= 11 is 0. The van der Waals surface area contributed by atoms with Crippen molar-refractivity contribution >= 4 is 23.2 Å². The molecule has 0 heterocycles. The summed E-state index contributed by atoms with van der Waals surface area (Å²) in [5.41, 5.74) is 5.74. The van der Waals surface area contributed by atoms with Crippen LogP contribution in [0.5, 0.6) is 23.0 Å². The molecule has 6 heteroatoms. The van der Waals surface area contributed by atoms with Crippen molar-refractivity contribution in [3.8, 4) is 23.0 Å². The first kappa shape index (κ1) is 30.1. The largest absolute Gasteiger partial charge is 0.457 e. The first-order valence-electron chi connectivity index (χ1n) is 14.7. The molecule has 6 nitrogen and oxygen atoms in total. The zero-order valence-corrected chi connectivity index (χ0v) is 25.2. The van der Waals surface area contributed by atoms with Crippen LogP contribution in [0.25, 0.3) is 0 Å². The first-order chi connectivity index (χ1) is 21.3. The molecule has 5 aromatic rings. The fraction of sp³-hybridized carbons (Fsp3) is 0.158.